The number of ether oxygens (including phenoxy) is 1. The molecule has 1 fully saturated rings. The van der Waals surface area contributed by atoms with E-state index in [0.29, 0.717) is 24.9 Å². The molecule has 0 saturated carbocycles. The highest BCUT2D eigenvalue weighted by molar-refractivity contribution is 6.29. The molecular weight excluding hydrogens is 330 g/mol. The Hall–Kier alpha value is -2.02. The minimum Gasteiger partial charge on any atom is -0.444 e. The van der Waals surface area contributed by atoms with Gasteiger partial charge in [-0.05, 0) is 34.6 Å². The summed E-state index contributed by atoms with van der Waals surface area (Å²) in [5.41, 5.74) is 2.98. The van der Waals surface area contributed by atoms with E-state index in [9.17, 15) is 4.79 Å². The number of fused-ring (bicyclic) bond motifs is 1. The molecule has 0 N–H and O–H groups in total. The number of halogens is 1. The van der Waals surface area contributed by atoms with Crippen LogP contribution in [0.1, 0.15) is 32.2 Å². The van der Waals surface area contributed by atoms with Crippen molar-refractivity contribution >= 4 is 29.0 Å². The van der Waals surface area contributed by atoms with E-state index in [2.05, 4.69) is 15.0 Å². The summed E-state index contributed by atoms with van der Waals surface area (Å²) in [6, 6.07) is 1.79. The van der Waals surface area contributed by atoms with E-state index in [1.807, 2.05) is 34.6 Å². The molecule has 0 spiro atoms. The number of anilines is 1. The maximum Gasteiger partial charge on any atom is 0.411 e. The van der Waals surface area contributed by atoms with Crippen molar-refractivity contribution in [2.45, 2.75) is 40.2 Å². The van der Waals surface area contributed by atoms with Gasteiger partial charge in [-0.1, -0.05) is 11.6 Å². The molecular formula is C16H22ClN5O2. The second-order valence-electron chi connectivity index (χ2n) is 7.02. The fourth-order valence-corrected chi connectivity index (χ4v) is 2.86. The number of rotatable bonds is 1. The van der Waals surface area contributed by atoms with Crippen molar-refractivity contribution in [3.05, 3.63) is 22.6 Å². The molecule has 0 atom stereocenters. The zero-order valence-corrected chi connectivity index (χ0v) is 15.4. The van der Waals surface area contributed by atoms with Gasteiger partial charge in [-0.2, -0.15) is 5.10 Å². The fraction of sp³-hybridized carbons (Fsp3) is 0.562. The second-order valence-corrected chi connectivity index (χ2v) is 7.41. The topological polar surface area (TPSA) is 63.0 Å². The van der Waals surface area contributed by atoms with Crippen molar-refractivity contribution in [3.8, 4) is 0 Å². The lowest BCUT2D eigenvalue weighted by molar-refractivity contribution is 0.0297. The molecule has 2 aromatic rings. The summed E-state index contributed by atoms with van der Waals surface area (Å²) in [7, 11) is 0. The van der Waals surface area contributed by atoms with E-state index in [0.717, 1.165) is 22.7 Å². The molecule has 7 nitrogen and oxygen atoms in total. The Labute approximate surface area is 146 Å². The highest BCUT2D eigenvalue weighted by Gasteiger charge is 2.30. The Balaban J connectivity index is 1.87. The SMILES string of the molecule is Cc1nc2c(N3CCN(C(=O)OC(C)(C)C)C3)cc(Cl)nn2c1C. The zero-order chi connectivity index (χ0) is 17.6. The number of aryl methyl sites for hydroxylation is 2. The number of amides is 1. The molecule has 0 aromatic carbocycles. The van der Waals surface area contributed by atoms with Crippen LogP contribution in [0.25, 0.3) is 5.65 Å². The highest BCUT2D eigenvalue weighted by Crippen LogP contribution is 2.28. The zero-order valence-electron chi connectivity index (χ0n) is 14.6. The van der Waals surface area contributed by atoms with Crippen LogP contribution in [0.3, 0.4) is 0 Å². The molecule has 8 heteroatoms. The Morgan fingerprint density at radius 2 is 2.00 bits per heavy atom. The number of imidazole rings is 1. The number of hydrogen-bond donors (Lipinski definition) is 0. The van der Waals surface area contributed by atoms with Crippen LogP contribution in [0, 0.1) is 13.8 Å². The van der Waals surface area contributed by atoms with Crippen molar-refractivity contribution in [1.29, 1.82) is 0 Å². The van der Waals surface area contributed by atoms with Gasteiger partial charge in [-0.3, -0.25) is 4.90 Å². The molecule has 130 valence electrons. The average Bonchev–Trinajstić information content (AvgIpc) is 3.04. The number of hydrogen-bond acceptors (Lipinski definition) is 5. The summed E-state index contributed by atoms with van der Waals surface area (Å²) in [6.07, 6.45) is -0.308. The molecule has 1 saturated heterocycles. The molecule has 1 amide bonds. The van der Waals surface area contributed by atoms with E-state index in [4.69, 9.17) is 16.3 Å². The lowest BCUT2D eigenvalue weighted by Crippen LogP contribution is -2.36. The number of carbonyl (C=O) groups excluding carboxylic acids is 1. The van der Waals surface area contributed by atoms with Crippen LogP contribution < -0.4 is 4.90 Å². The van der Waals surface area contributed by atoms with E-state index < -0.39 is 5.60 Å². The van der Waals surface area contributed by atoms with Crippen molar-refractivity contribution < 1.29 is 9.53 Å². The summed E-state index contributed by atoms with van der Waals surface area (Å²) in [6.45, 7) is 11.2. The lowest BCUT2D eigenvalue weighted by Gasteiger charge is -2.25. The number of nitrogens with zero attached hydrogens (tertiary/aromatic N) is 5. The molecule has 2 aromatic heterocycles. The predicted octanol–water partition coefficient (Wildman–Crippen LogP) is 3.01. The quantitative estimate of drug-likeness (QED) is 0.790. The third-order valence-corrected chi connectivity index (χ3v) is 4.15. The average molecular weight is 352 g/mol. The minimum atomic E-state index is -0.505. The first-order chi connectivity index (χ1) is 11.2. The molecule has 0 unspecified atom stereocenters. The Bertz CT molecular complexity index is 796. The van der Waals surface area contributed by atoms with Crippen LogP contribution in [0.15, 0.2) is 6.07 Å². The van der Waals surface area contributed by atoms with Crippen molar-refractivity contribution in [1.82, 2.24) is 19.5 Å². The van der Waals surface area contributed by atoms with E-state index in [1.54, 1.807) is 15.5 Å². The molecule has 24 heavy (non-hydrogen) atoms. The first-order valence-corrected chi connectivity index (χ1v) is 8.29. The van der Waals surface area contributed by atoms with Gasteiger partial charge < -0.3 is 9.64 Å². The molecule has 0 bridgehead atoms. The van der Waals surface area contributed by atoms with Gasteiger partial charge in [0.2, 0.25) is 0 Å². The van der Waals surface area contributed by atoms with E-state index in [1.165, 1.54) is 0 Å². The van der Waals surface area contributed by atoms with Crippen LogP contribution in [0.5, 0.6) is 0 Å². The third kappa shape index (κ3) is 3.13. The van der Waals surface area contributed by atoms with Crippen molar-refractivity contribution in [3.63, 3.8) is 0 Å². The van der Waals surface area contributed by atoms with Gasteiger partial charge in [0.15, 0.2) is 10.8 Å². The summed E-state index contributed by atoms with van der Waals surface area (Å²) in [5.74, 6) is 0. The Morgan fingerprint density at radius 3 is 2.67 bits per heavy atom. The molecule has 3 heterocycles. The molecule has 1 aliphatic heterocycles. The highest BCUT2D eigenvalue weighted by atomic mass is 35.5. The maximum atomic E-state index is 12.2. The van der Waals surface area contributed by atoms with Crippen LogP contribution in [0.2, 0.25) is 5.15 Å². The van der Waals surface area contributed by atoms with Crippen LogP contribution in [-0.2, 0) is 4.74 Å². The molecule has 0 radical (unpaired) electrons. The largest absolute Gasteiger partial charge is 0.444 e. The first kappa shape index (κ1) is 16.8. The van der Waals surface area contributed by atoms with Crippen molar-refractivity contribution in [2.24, 2.45) is 0 Å². The molecule has 3 rings (SSSR count). The first-order valence-electron chi connectivity index (χ1n) is 7.91. The van der Waals surface area contributed by atoms with E-state index in [-0.39, 0.29) is 6.09 Å². The fourth-order valence-electron chi connectivity index (χ4n) is 2.68. The van der Waals surface area contributed by atoms with Gasteiger partial charge >= 0.3 is 6.09 Å². The Kier molecular flexibility index (Phi) is 4.07. The van der Waals surface area contributed by atoms with Crippen LogP contribution in [0.4, 0.5) is 10.5 Å². The summed E-state index contributed by atoms with van der Waals surface area (Å²) >= 11 is 6.18. The Morgan fingerprint density at radius 1 is 1.29 bits per heavy atom. The van der Waals surface area contributed by atoms with Crippen molar-refractivity contribution in [2.75, 3.05) is 24.7 Å². The smallest absolute Gasteiger partial charge is 0.411 e. The van der Waals surface area contributed by atoms with Gasteiger partial charge in [-0.25, -0.2) is 14.3 Å². The van der Waals surface area contributed by atoms with Crippen LogP contribution >= 0.6 is 11.6 Å². The monoisotopic (exact) mass is 351 g/mol. The molecule has 1 aliphatic rings. The predicted molar refractivity (Wildman–Crippen MR) is 92.6 cm³/mol. The second kappa shape index (κ2) is 5.81. The van der Waals surface area contributed by atoms with Crippen LogP contribution in [-0.4, -0.2) is 51.0 Å². The van der Waals surface area contributed by atoms with E-state index >= 15 is 0 Å². The molecule has 0 aliphatic carbocycles. The standard InChI is InChI=1S/C16H22ClN5O2/c1-10-11(2)22-14(18-10)12(8-13(17)19-22)20-6-7-21(9-20)15(23)24-16(3,4)5/h8H,6-7,9H2,1-5H3. The normalized spacial score (nSPS) is 15.4. The van der Waals surface area contributed by atoms with Gasteiger partial charge in [0.05, 0.1) is 23.7 Å². The summed E-state index contributed by atoms with van der Waals surface area (Å²) in [4.78, 5) is 20.6. The summed E-state index contributed by atoms with van der Waals surface area (Å²) < 4.78 is 7.19. The number of aromatic nitrogens is 3. The minimum absolute atomic E-state index is 0.308. The lowest BCUT2D eigenvalue weighted by atomic mass is 10.2. The van der Waals surface area contributed by atoms with Gasteiger partial charge in [-0.15, -0.1) is 0 Å². The van der Waals surface area contributed by atoms with Gasteiger partial charge in [0.25, 0.3) is 0 Å². The van der Waals surface area contributed by atoms with Gasteiger partial charge in [0.1, 0.15) is 5.60 Å². The third-order valence-electron chi connectivity index (χ3n) is 3.97. The number of carbonyl (C=O) groups is 1. The summed E-state index contributed by atoms with van der Waals surface area (Å²) in [5, 5.41) is 4.72. The van der Waals surface area contributed by atoms with Gasteiger partial charge in [0, 0.05) is 19.2 Å². The maximum absolute atomic E-state index is 12.2.